The van der Waals surface area contributed by atoms with Crippen LogP contribution in [0.25, 0.3) is 0 Å². The monoisotopic (exact) mass is 353 g/mol. The first kappa shape index (κ1) is 18.4. The summed E-state index contributed by atoms with van der Waals surface area (Å²) in [5.41, 5.74) is -1.02. The quantitative estimate of drug-likeness (QED) is 0.781. The molecule has 2 aliphatic heterocycles. The highest BCUT2D eigenvalue weighted by atomic mass is 28.4. The second-order valence-corrected chi connectivity index (χ2v) is 14.6. The minimum atomic E-state index is -1.74. The van der Waals surface area contributed by atoms with Gasteiger partial charge in [0.05, 0.1) is 17.6 Å². The van der Waals surface area contributed by atoms with Crippen molar-refractivity contribution < 1.29 is 14.3 Å². The average molecular weight is 354 g/mol. The van der Waals surface area contributed by atoms with Crippen molar-refractivity contribution in [3.05, 3.63) is 0 Å². The second-order valence-electron chi connectivity index (χ2n) is 9.80. The van der Waals surface area contributed by atoms with Crippen LogP contribution in [0.2, 0.25) is 18.1 Å². The summed E-state index contributed by atoms with van der Waals surface area (Å²) < 4.78 is 6.35. The fraction of sp³-hybridized carbons (Fsp3) is 0.947. The molecule has 3 rings (SSSR count). The van der Waals surface area contributed by atoms with Gasteiger partial charge in [-0.3, -0.25) is 4.79 Å². The zero-order valence-corrected chi connectivity index (χ0v) is 17.2. The first-order chi connectivity index (χ1) is 11.0. The van der Waals surface area contributed by atoms with Gasteiger partial charge in [-0.15, -0.1) is 0 Å². The number of piperidine rings is 1. The Kier molecular flexibility index (Phi) is 4.46. The van der Waals surface area contributed by atoms with Crippen molar-refractivity contribution in [2.24, 2.45) is 0 Å². The molecule has 1 spiro atoms. The summed E-state index contributed by atoms with van der Waals surface area (Å²) in [6, 6.07) is 0.253. The molecule has 2 saturated heterocycles. The number of rotatable bonds is 4. The van der Waals surface area contributed by atoms with Crippen molar-refractivity contribution in [3.63, 3.8) is 0 Å². The number of carbonyl (C=O) groups is 1. The van der Waals surface area contributed by atoms with Crippen LogP contribution in [0.4, 0.5) is 0 Å². The molecule has 0 aromatic carbocycles. The van der Waals surface area contributed by atoms with Crippen molar-refractivity contribution in [1.82, 2.24) is 4.90 Å². The van der Waals surface area contributed by atoms with Crippen LogP contribution >= 0.6 is 0 Å². The lowest BCUT2D eigenvalue weighted by atomic mass is 9.75. The molecule has 0 aromatic heterocycles. The Morgan fingerprint density at radius 1 is 1.25 bits per heavy atom. The Morgan fingerprint density at radius 3 is 2.58 bits per heavy atom. The fourth-order valence-electron chi connectivity index (χ4n) is 5.04. The van der Waals surface area contributed by atoms with Gasteiger partial charge < -0.3 is 14.4 Å². The van der Waals surface area contributed by atoms with E-state index in [1.54, 1.807) is 0 Å². The molecule has 3 atom stereocenters. The summed E-state index contributed by atoms with van der Waals surface area (Å²) in [5.74, 6) is 0.175. The molecule has 0 unspecified atom stereocenters. The van der Waals surface area contributed by atoms with E-state index in [9.17, 15) is 9.90 Å². The molecule has 1 aliphatic carbocycles. The van der Waals surface area contributed by atoms with Crippen molar-refractivity contribution in [2.75, 3.05) is 6.61 Å². The van der Waals surface area contributed by atoms with Crippen LogP contribution in [0, 0.1) is 0 Å². The topological polar surface area (TPSA) is 49.8 Å². The Morgan fingerprint density at radius 2 is 1.92 bits per heavy atom. The van der Waals surface area contributed by atoms with Crippen LogP contribution < -0.4 is 0 Å². The Hall–Kier alpha value is -0.393. The van der Waals surface area contributed by atoms with E-state index in [2.05, 4.69) is 38.8 Å². The van der Waals surface area contributed by atoms with Gasteiger partial charge in [-0.25, -0.2) is 0 Å². The van der Waals surface area contributed by atoms with E-state index >= 15 is 0 Å². The molecule has 1 saturated carbocycles. The van der Waals surface area contributed by atoms with Crippen LogP contribution in [0.3, 0.4) is 0 Å². The number of hydrogen-bond donors (Lipinski definition) is 1. The number of aliphatic hydroxyl groups is 1. The predicted octanol–water partition coefficient (Wildman–Crippen LogP) is 3.84. The van der Waals surface area contributed by atoms with Crippen molar-refractivity contribution in [1.29, 1.82) is 0 Å². The minimum absolute atomic E-state index is 0.175. The standard InChI is InChI=1S/C19H35NO3Si/c1-17(2,3)24(4,5)23-13-9-15-8-6-10-18-11-7-12-19(18,22)14-16(21)20(15)18/h15,22H,6-14H2,1-5H3/t15-,18-,19-/m1/s1. The van der Waals surface area contributed by atoms with E-state index in [1.165, 1.54) is 0 Å². The van der Waals surface area contributed by atoms with Gasteiger partial charge in [0.15, 0.2) is 8.32 Å². The molecule has 3 fully saturated rings. The number of nitrogens with zero attached hydrogens (tertiary/aromatic N) is 1. The highest BCUT2D eigenvalue weighted by Gasteiger charge is 2.66. The highest BCUT2D eigenvalue weighted by molar-refractivity contribution is 6.74. The summed E-state index contributed by atoms with van der Waals surface area (Å²) in [6.45, 7) is 12.1. The number of carbonyl (C=O) groups excluding carboxylic acids is 1. The molecule has 1 N–H and O–H groups in total. The van der Waals surface area contributed by atoms with Crippen LogP contribution in [0.1, 0.15) is 72.1 Å². The fourth-order valence-corrected chi connectivity index (χ4v) is 6.10. The Balaban J connectivity index is 1.68. The minimum Gasteiger partial charge on any atom is -0.417 e. The number of amides is 1. The van der Waals surface area contributed by atoms with Crippen molar-refractivity contribution in [3.8, 4) is 0 Å². The third kappa shape index (κ3) is 2.67. The van der Waals surface area contributed by atoms with Crippen LogP contribution in [-0.4, -0.2) is 48.0 Å². The van der Waals surface area contributed by atoms with Gasteiger partial charge in [0.25, 0.3) is 0 Å². The molecule has 2 heterocycles. The van der Waals surface area contributed by atoms with E-state index < -0.39 is 13.9 Å². The largest absolute Gasteiger partial charge is 0.417 e. The summed E-state index contributed by atoms with van der Waals surface area (Å²) in [4.78, 5) is 14.8. The smallest absolute Gasteiger partial charge is 0.226 e. The maximum Gasteiger partial charge on any atom is 0.226 e. The zero-order chi connectivity index (χ0) is 17.8. The molecule has 1 amide bonds. The molecule has 3 aliphatic rings. The lowest BCUT2D eigenvalue weighted by Crippen LogP contribution is -2.60. The van der Waals surface area contributed by atoms with Crippen LogP contribution in [0.15, 0.2) is 0 Å². The van der Waals surface area contributed by atoms with E-state index in [0.717, 1.165) is 51.6 Å². The Labute approximate surface area is 148 Å². The van der Waals surface area contributed by atoms with Gasteiger partial charge in [-0.1, -0.05) is 20.8 Å². The predicted molar refractivity (Wildman–Crippen MR) is 98.4 cm³/mol. The molecule has 5 heteroatoms. The van der Waals surface area contributed by atoms with Crippen LogP contribution in [-0.2, 0) is 9.22 Å². The maximum atomic E-state index is 12.7. The van der Waals surface area contributed by atoms with Gasteiger partial charge in [0.2, 0.25) is 5.91 Å². The van der Waals surface area contributed by atoms with E-state index in [0.29, 0.717) is 6.42 Å². The first-order valence-corrected chi connectivity index (χ1v) is 12.6. The molecule has 4 nitrogen and oxygen atoms in total. The summed E-state index contributed by atoms with van der Waals surface area (Å²) >= 11 is 0. The highest BCUT2D eigenvalue weighted by Crippen LogP contribution is 2.56. The van der Waals surface area contributed by atoms with Gasteiger partial charge in [-0.05, 0) is 63.1 Å². The van der Waals surface area contributed by atoms with Gasteiger partial charge in [-0.2, -0.15) is 0 Å². The first-order valence-electron chi connectivity index (χ1n) is 9.71. The molecule has 0 aromatic rings. The SMILES string of the molecule is CC(C)(C)[Si](C)(C)OCC[C@H]1CCC[C@@]23CCC[C@@]2(O)CC(=O)N13. The summed E-state index contributed by atoms with van der Waals surface area (Å²) in [7, 11) is -1.74. The van der Waals surface area contributed by atoms with Crippen LogP contribution in [0.5, 0.6) is 0 Å². The lowest BCUT2D eigenvalue weighted by Gasteiger charge is -2.50. The van der Waals surface area contributed by atoms with Crippen molar-refractivity contribution >= 4 is 14.2 Å². The second kappa shape index (κ2) is 5.81. The maximum absolute atomic E-state index is 12.7. The average Bonchev–Trinajstić information content (AvgIpc) is 2.84. The van der Waals surface area contributed by atoms with Gasteiger partial charge in [0.1, 0.15) is 0 Å². The molecule has 0 radical (unpaired) electrons. The molecule has 138 valence electrons. The third-order valence-corrected chi connectivity index (χ3v) is 12.0. The van der Waals surface area contributed by atoms with Crippen molar-refractivity contribution in [2.45, 2.75) is 107 Å². The third-order valence-electron chi connectivity index (χ3n) is 7.43. The normalized spacial score (nSPS) is 36.8. The molecular formula is C19H35NO3Si. The lowest BCUT2D eigenvalue weighted by molar-refractivity contribution is -0.139. The van der Waals surface area contributed by atoms with Gasteiger partial charge in [0, 0.05) is 12.6 Å². The zero-order valence-electron chi connectivity index (χ0n) is 16.2. The summed E-state index contributed by atoms with van der Waals surface area (Å²) in [6.07, 6.45) is 7.24. The van der Waals surface area contributed by atoms with E-state index in [4.69, 9.17) is 4.43 Å². The number of hydrogen-bond acceptors (Lipinski definition) is 3. The Bertz CT molecular complexity index is 515. The van der Waals surface area contributed by atoms with E-state index in [-0.39, 0.29) is 22.5 Å². The molecule has 24 heavy (non-hydrogen) atoms. The van der Waals surface area contributed by atoms with E-state index in [1.807, 2.05) is 0 Å². The summed E-state index contributed by atoms with van der Waals surface area (Å²) in [5, 5.41) is 11.3. The molecule has 0 bridgehead atoms. The molecular weight excluding hydrogens is 318 g/mol. The van der Waals surface area contributed by atoms with Gasteiger partial charge >= 0.3 is 0 Å².